The number of benzene rings is 2. The van der Waals surface area contributed by atoms with Gasteiger partial charge in [0.1, 0.15) is 12.4 Å². The first-order chi connectivity index (χ1) is 11.5. The molecule has 24 heavy (non-hydrogen) atoms. The number of carbonyl (C=O) groups is 1. The van der Waals surface area contributed by atoms with Crippen molar-refractivity contribution in [2.45, 2.75) is 13.5 Å². The summed E-state index contributed by atoms with van der Waals surface area (Å²) >= 11 is 0. The predicted molar refractivity (Wildman–Crippen MR) is 88.7 cm³/mol. The molecule has 0 amide bonds. The van der Waals surface area contributed by atoms with Crippen molar-refractivity contribution < 1.29 is 19.7 Å². The van der Waals surface area contributed by atoms with Crippen molar-refractivity contribution in [3.8, 4) is 17.1 Å². The Bertz CT molecular complexity index is 909. The molecule has 0 fully saturated rings. The Hall–Kier alpha value is -2.99. The highest BCUT2D eigenvalue weighted by molar-refractivity contribution is 5.95. The van der Waals surface area contributed by atoms with Crippen LogP contribution in [-0.2, 0) is 16.1 Å². The van der Waals surface area contributed by atoms with E-state index >= 15 is 0 Å². The number of hydrogen-bond acceptors (Lipinski definition) is 5. The molecule has 6 nitrogen and oxygen atoms in total. The lowest BCUT2D eigenvalue weighted by Crippen LogP contribution is -2.08. The number of aryl methyl sites for hydroxylation is 1. The summed E-state index contributed by atoms with van der Waals surface area (Å²) in [4.78, 5) is 19.5. The molecule has 6 heteroatoms. The summed E-state index contributed by atoms with van der Waals surface area (Å²) in [6.45, 7) is 1.59. The maximum atomic E-state index is 10.5. The summed E-state index contributed by atoms with van der Waals surface area (Å²) in [5.74, 6) is -0.275. The Morgan fingerprint density at radius 2 is 2.00 bits per heavy atom. The molecule has 0 radical (unpaired) electrons. The Kier molecular flexibility index (Phi) is 4.39. The van der Waals surface area contributed by atoms with Gasteiger partial charge in [0.05, 0.1) is 12.3 Å². The third kappa shape index (κ3) is 3.49. The van der Waals surface area contributed by atoms with E-state index in [9.17, 15) is 9.90 Å². The minimum Gasteiger partial charge on any atom is -0.508 e. The van der Waals surface area contributed by atoms with Gasteiger partial charge in [0.2, 0.25) is 0 Å². The first-order valence-electron chi connectivity index (χ1n) is 7.39. The van der Waals surface area contributed by atoms with Gasteiger partial charge in [-0.1, -0.05) is 18.2 Å². The molecule has 122 valence electrons. The molecule has 3 aromatic rings. The summed E-state index contributed by atoms with van der Waals surface area (Å²) in [5, 5.41) is 20.1. The van der Waals surface area contributed by atoms with E-state index in [2.05, 4.69) is 9.97 Å². The van der Waals surface area contributed by atoms with E-state index in [1.165, 1.54) is 0 Å². The first kappa shape index (κ1) is 15.9. The zero-order valence-corrected chi connectivity index (χ0v) is 13.1. The predicted octanol–water partition coefficient (Wildman–Crippen LogP) is 2.91. The molecule has 0 aliphatic heterocycles. The Morgan fingerprint density at radius 3 is 2.79 bits per heavy atom. The van der Waals surface area contributed by atoms with Gasteiger partial charge < -0.3 is 14.9 Å². The van der Waals surface area contributed by atoms with E-state index in [4.69, 9.17) is 9.84 Å². The largest absolute Gasteiger partial charge is 0.508 e. The summed E-state index contributed by atoms with van der Waals surface area (Å²) in [5.41, 5.74) is 2.23. The number of fused-ring (bicyclic) bond motifs is 1. The van der Waals surface area contributed by atoms with Gasteiger partial charge in [0, 0.05) is 11.3 Å². The molecule has 0 bridgehead atoms. The van der Waals surface area contributed by atoms with Crippen molar-refractivity contribution in [2.24, 2.45) is 0 Å². The zero-order valence-electron chi connectivity index (χ0n) is 13.1. The number of phenols is 1. The average Bonchev–Trinajstić information content (AvgIpc) is 2.53. The highest BCUT2D eigenvalue weighted by atomic mass is 16.5. The van der Waals surface area contributed by atoms with Crippen molar-refractivity contribution in [2.75, 3.05) is 6.61 Å². The summed E-state index contributed by atoms with van der Waals surface area (Å²) in [7, 11) is 0. The first-order valence-corrected chi connectivity index (χ1v) is 7.39. The molecular weight excluding hydrogens is 308 g/mol. The number of nitrogens with zero attached hydrogens (tertiary/aromatic N) is 2. The molecule has 3 rings (SSSR count). The second-order valence-electron chi connectivity index (χ2n) is 5.42. The second kappa shape index (κ2) is 6.64. The van der Waals surface area contributed by atoms with Gasteiger partial charge in [-0.2, -0.15) is 0 Å². The summed E-state index contributed by atoms with van der Waals surface area (Å²) in [6, 6.07) is 12.6. The summed E-state index contributed by atoms with van der Waals surface area (Å²) < 4.78 is 5.11. The normalized spacial score (nSPS) is 10.9. The third-order valence-electron chi connectivity index (χ3n) is 3.49. The maximum absolute atomic E-state index is 10.5. The van der Waals surface area contributed by atoms with Gasteiger partial charge in [0.15, 0.2) is 5.82 Å². The Morgan fingerprint density at radius 1 is 1.17 bits per heavy atom. The monoisotopic (exact) mass is 324 g/mol. The fourth-order valence-corrected chi connectivity index (χ4v) is 2.54. The Balaban J connectivity index is 2.00. The van der Waals surface area contributed by atoms with Crippen LogP contribution < -0.4 is 0 Å². The smallest absolute Gasteiger partial charge is 0.329 e. The van der Waals surface area contributed by atoms with E-state index < -0.39 is 5.97 Å². The number of ether oxygens (including phenoxy) is 1. The van der Waals surface area contributed by atoms with Crippen LogP contribution in [0.25, 0.3) is 22.2 Å². The second-order valence-corrected chi connectivity index (χ2v) is 5.42. The van der Waals surface area contributed by atoms with Gasteiger partial charge in [-0.25, -0.2) is 14.8 Å². The number of phenolic OH excluding ortho intramolecular Hbond substituents is 1. The molecule has 0 saturated carbocycles. The van der Waals surface area contributed by atoms with Gasteiger partial charge in [-0.3, -0.25) is 0 Å². The van der Waals surface area contributed by atoms with Gasteiger partial charge >= 0.3 is 5.97 Å². The topological polar surface area (TPSA) is 92.5 Å². The van der Waals surface area contributed by atoms with Crippen LogP contribution in [0.1, 0.15) is 11.4 Å². The fraction of sp³-hybridized carbons (Fsp3) is 0.167. The van der Waals surface area contributed by atoms with Crippen LogP contribution in [0.3, 0.4) is 0 Å². The lowest BCUT2D eigenvalue weighted by Gasteiger charge is -2.09. The number of aromatic nitrogens is 2. The molecule has 0 atom stereocenters. The number of aliphatic carboxylic acids is 1. The van der Waals surface area contributed by atoms with E-state index in [1.54, 1.807) is 18.2 Å². The minimum absolute atomic E-state index is 0.105. The van der Waals surface area contributed by atoms with Gasteiger partial charge in [0.25, 0.3) is 0 Å². The number of hydrogen-bond donors (Lipinski definition) is 2. The van der Waals surface area contributed by atoms with Crippen LogP contribution in [0.2, 0.25) is 0 Å². The van der Waals surface area contributed by atoms with Gasteiger partial charge in [-0.15, -0.1) is 0 Å². The van der Waals surface area contributed by atoms with Crippen molar-refractivity contribution >= 4 is 16.7 Å². The third-order valence-corrected chi connectivity index (χ3v) is 3.49. The number of carboxylic acids is 1. The highest BCUT2D eigenvalue weighted by Crippen LogP contribution is 2.29. The molecular formula is C18H16N2O4. The van der Waals surface area contributed by atoms with Crippen molar-refractivity contribution in [3.63, 3.8) is 0 Å². The summed E-state index contributed by atoms with van der Waals surface area (Å²) in [6.07, 6.45) is 0. The van der Waals surface area contributed by atoms with Gasteiger partial charge in [-0.05, 0) is 42.0 Å². The van der Waals surface area contributed by atoms with Crippen LogP contribution in [0.4, 0.5) is 0 Å². The molecule has 1 heterocycles. The minimum atomic E-state index is -1.02. The fourth-order valence-electron chi connectivity index (χ4n) is 2.54. The van der Waals surface area contributed by atoms with E-state index in [1.807, 2.05) is 31.2 Å². The molecule has 0 saturated heterocycles. The quantitative estimate of drug-likeness (QED) is 0.749. The average molecular weight is 324 g/mol. The van der Waals surface area contributed by atoms with Crippen LogP contribution in [0.15, 0.2) is 42.5 Å². The number of rotatable bonds is 5. The molecule has 2 N–H and O–H groups in total. The number of aromatic hydroxyl groups is 1. The Labute approximate surface area is 138 Å². The van der Waals surface area contributed by atoms with Crippen molar-refractivity contribution in [3.05, 3.63) is 53.9 Å². The molecule has 2 aromatic carbocycles. The van der Waals surface area contributed by atoms with E-state index in [0.29, 0.717) is 11.5 Å². The standard InChI is InChI=1S/C18H16N2O4/c1-11-7-13(9-24-10-17(22)23)20-18(19-11)16-4-2-3-12-8-14(21)5-6-15(12)16/h2-8,21H,9-10H2,1H3,(H,22,23). The molecule has 1 aromatic heterocycles. The number of carboxylic acid groups (broad SMARTS) is 1. The molecule has 0 aliphatic rings. The molecule has 0 aliphatic carbocycles. The lowest BCUT2D eigenvalue weighted by atomic mass is 10.0. The van der Waals surface area contributed by atoms with Crippen molar-refractivity contribution in [1.82, 2.24) is 9.97 Å². The maximum Gasteiger partial charge on any atom is 0.329 e. The molecule has 0 spiro atoms. The van der Waals surface area contributed by atoms with E-state index in [0.717, 1.165) is 22.0 Å². The van der Waals surface area contributed by atoms with Crippen LogP contribution in [0.5, 0.6) is 5.75 Å². The van der Waals surface area contributed by atoms with E-state index in [-0.39, 0.29) is 19.0 Å². The van der Waals surface area contributed by atoms with Crippen molar-refractivity contribution in [1.29, 1.82) is 0 Å². The van der Waals surface area contributed by atoms with Crippen LogP contribution in [-0.4, -0.2) is 32.8 Å². The van der Waals surface area contributed by atoms with Crippen LogP contribution >= 0.6 is 0 Å². The SMILES string of the molecule is Cc1cc(COCC(=O)O)nc(-c2cccc3cc(O)ccc23)n1. The molecule has 0 unspecified atom stereocenters. The lowest BCUT2D eigenvalue weighted by molar-refractivity contribution is -0.142. The van der Waals surface area contributed by atoms with Crippen LogP contribution in [0, 0.1) is 6.92 Å². The highest BCUT2D eigenvalue weighted by Gasteiger charge is 2.10. The zero-order chi connectivity index (χ0) is 17.1.